The van der Waals surface area contributed by atoms with Gasteiger partial charge in [-0.3, -0.25) is 9.59 Å². The van der Waals surface area contributed by atoms with E-state index in [2.05, 4.69) is 9.97 Å². The zero-order valence-corrected chi connectivity index (χ0v) is 12.8. The third kappa shape index (κ3) is 3.79. The number of nitrogens with zero attached hydrogens (tertiary/aromatic N) is 1. The van der Waals surface area contributed by atoms with Crippen LogP contribution >= 0.6 is 11.8 Å². The number of Topliss-reactive ketones (excluding diaryl/α,β-unsaturated/α-hetero) is 1. The number of ether oxygens (including phenoxy) is 2. The number of aromatic nitrogens is 2. The number of carbonyl (C=O) groups excluding carboxylic acids is 1. The summed E-state index contributed by atoms with van der Waals surface area (Å²) in [6.45, 7) is 0. The molecule has 22 heavy (non-hydrogen) atoms. The first-order valence-corrected chi connectivity index (χ1v) is 7.20. The van der Waals surface area contributed by atoms with Crippen molar-refractivity contribution in [2.75, 3.05) is 20.0 Å². The van der Waals surface area contributed by atoms with Gasteiger partial charge < -0.3 is 19.6 Å². The maximum absolute atomic E-state index is 12.2. The maximum atomic E-state index is 12.2. The van der Waals surface area contributed by atoms with Crippen molar-refractivity contribution in [2.45, 2.75) is 5.16 Å². The number of benzene rings is 1. The van der Waals surface area contributed by atoms with E-state index in [1.165, 1.54) is 14.2 Å². The minimum absolute atomic E-state index is 0.0574. The number of hydrogen-bond acceptors (Lipinski definition) is 7. The average molecular weight is 322 g/mol. The number of aromatic amines is 1. The lowest BCUT2D eigenvalue weighted by atomic mass is 10.1. The maximum Gasteiger partial charge on any atom is 0.255 e. The summed E-state index contributed by atoms with van der Waals surface area (Å²) in [5.74, 6) is 0.497. The highest BCUT2D eigenvalue weighted by Crippen LogP contribution is 2.28. The molecular weight excluding hydrogens is 308 g/mol. The first-order valence-electron chi connectivity index (χ1n) is 6.22. The van der Waals surface area contributed by atoms with Crippen LogP contribution in [0.15, 0.2) is 34.2 Å². The summed E-state index contributed by atoms with van der Waals surface area (Å²) in [4.78, 5) is 29.5. The standard InChI is InChI=1S/C14H14N2O5S/c1-20-10-4-3-8(5-11(10)21-2)9(17)7-22-14-15-12(18)6-13(19)16-14/h3-6H,7H2,1-2H3,(H2,15,16,18,19). The molecule has 2 aromatic rings. The Balaban J connectivity index is 2.10. The van der Waals surface area contributed by atoms with Crippen molar-refractivity contribution < 1.29 is 19.4 Å². The van der Waals surface area contributed by atoms with Gasteiger partial charge in [0.25, 0.3) is 5.56 Å². The van der Waals surface area contributed by atoms with Crippen molar-refractivity contribution in [1.82, 2.24) is 9.97 Å². The van der Waals surface area contributed by atoms with Gasteiger partial charge in [0, 0.05) is 5.56 Å². The molecule has 0 aliphatic carbocycles. The van der Waals surface area contributed by atoms with Crippen LogP contribution in [0.2, 0.25) is 0 Å². The van der Waals surface area contributed by atoms with Crippen LogP contribution in [0.4, 0.5) is 0 Å². The molecule has 0 aliphatic heterocycles. The summed E-state index contributed by atoms with van der Waals surface area (Å²) >= 11 is 1.03. The Hall–Kier alpha value is -2.48. The summed E-state index contributed by atoms with van der Waals surface area (Å²) in [7, 11) is 3.00. The number of carbonyl (C=O) groups is 1. The lowest BCUT2D eigenvalue weighted by molar-refractivity contribution is 0.102. The second kappa shape index (κ2) is 6.99. The fourth-order valence-electron chi connectivity index (χ4n) is 1.72. The molecule has 0 aliphatic rings. The van der Waals surface area contributed by atoms with Crippen molar-refractivity contribution in [1.29, 1.82) is 0 Å². The van der Waals surface area contributed by atoms with Gasteiger partial charge in [-0.1, -0.05) is 11.8 Å². The quantitative estimate of drug-likeness (QED) is 0.472. The molecule has 1 aromatic carbocycles. The van der Waals surface area contributed by atoms with Gasteiger partial charge in [0.15, 0.2) is 22.4 Å². The molecule has 2 N–H and O–H groups in total. The Morgan fingerprint density at radius 2 is 2.00 bits per heavy atom. The van der Waals surface area contributed by atoms with Gasteiger partial charge in [0.1, 0.15) is 0 Å². The van der Waals surface area contributed by atoms with E-state index >= 15 is 0 Å². The van der Waals surface area contributed by atoms with Crippen molar-refractivity contribution >= 4 is 17.5 Å². The topological polar surface area (TPSA) is 102 Å². The number of methoxy groups -OCH3 is 2. The van der Waals surface area contributed by atoms with Crippen molar-refractivity contribution in [2.24, 2.45) is 0 Å². The van der Waals surface area contributed by atoms with Crippen molar-refractivity contribution in [3.8, 4) is 17.4 Å². The SMILES string of the molecule is COc1ccc(C(=O)CSc2nc(O)cc(=O)[nH]2)cc1OC. The number of aromatic hydroxyl groups is 1. The van der Waals surface area contributed by atoms with Crippen LogP contribution in [0.3, 0.4) is 0 Å². The van der Waals surface area contributed by atoms with Crippen molar-refractivity contribution in [3.05, 3.63) is 40.2 Å². The number of hydrogen-bond donors (Lipinski definition) is 2. The smallest absolute Gasteiger partial charge is 0.255 e. The second-order valence-corrected chi connectivity index (χ2v) is 5.15. The molecule has 0 saturated heterocycles. The predicted molar refractivity (Wildman–Crippen MR) is 81.1 cm³/mol. The van der Waals surface area contributed by atoms with E-state index in [1.807, 2.05) is 0 Å². The fourth-order valence-corrected chi connectivity index (χ4v) is 2.48. The van der Waals surface area contributed by atoms with Gasteiger partial charge in [-0.15, -0.1) is 0 Å². The van der Waals surface area contributed by atoms with E-state index < -0.39 is 5.56 Å². The Morgan fingerprint density at radius 1 is 1.27 bits per heavy atom. The van der Waals surface area contributed by atoms with E-state index in [1.54, 1.807) is 18.2 Å². The molecule has 7 nitrogen and oxygen atoms in total. The van der Waals surface area contributed by atoms with E-state index in [-0.39, 0.29) is 22.6 Å². The Morgan fingerprint density at radius 3 is 2.64 bits per heavy atom. The first-order chi connectivity index (χ1) is 10.5. The van der Waals surface area contributed by atoms with Crippen LogP contribution in [-0.2, 0) is 0 Å². The monoisotopic (exact) mass is 322 g/mol. The highest BCUT2D eigenvalue weighted by Gasteiger charge is 2.12. The number of ketones is 1. The van der Waals surface area contributed by atoms with Crippen molar-refractivity contribution in [3.63, 3.8) is 0 Å². The Labute approximate surface area is 130 Å². The first kappa shape index (κ1) is 15.9. The molecule has 0 radical (unpaired) electrons. The summed E-state index contributed by atoms with van der Waals surface area (Å²) < 4.78 is 10.3. The molecular formula is C14H14N2O5S. The van der Waals surface area contributed by atoms with Gasteiger partial charge in [-0.2, -0.15) is 4.98 Å². The molecule has 0 amide bonds. The molecule has 0 fully saturated rings. The van der Waals surface area contributed by atoms with Gasteiger partial charge in [0.2, 0.25) is 5.88 Å². The summed E-state index contributed by atoms with van der Waals surface area (Å²) in [6, 6.07) is 5.81. The number of thioether (sulfide) groups is 1. The molecule has 1 heterocycles. The largest absolute Gasteiger partial charge is 0.493 e. The molecule has 0 bridgehead atoms. The van der Waals surface area contributed by atoms with Crippen LogP contribution in [0, 0.1) is 0 Å². The van der Waals surface area contributed by atoms with Crippen LogP contribution in [0.5, 0.6) is 17.4 Å². The molecule has 0 saturated carbocycles. The summed E-state index contributed by atoms with van der Waals surface area (Å²) in [6.07, 6.45) is 0. The molecule has 1 aromatic heterocycles. The summed E-state index contributed by atoms with van der Waals surface area (Å²) in [5.41, 5.74) is -0.0267. The molecule has 2 rings (SSSR count). The molecule has 116 valence electrons. The minimum Gasteiger partial charge on any atom is -0.493 e. The highest BCUT2D eigenvalue weighted by atomic mass is 32.2. The molecule has 0 unspecified atom stereocenters. The van der Waals surface area contributed by atoms with Crippen LogP contribution in [0.25, 0.3) is 0 Å². The lowest BCUT2D eigenvalue weighted by Crippen LogP contribution is -2.08. The average Bonchev–Trinajstić information content (AvgIpc) is 2.51. The molecule has 8 heteroatoms. The molecule has 0 atom stereocenters. The van der Waals surface area contributed by atoms with Gasteiger partial charge >= 0.3 is 0 Å². The zero-order chi connectivity index (χ0) is 16.1. The van der Waals surface area contributed by atoms with Crippen LogP contribution in [-0.4, -0.2) is 40.8 Å². The number of nitrogens with one attached hydrogen (secondary N) is 1. The number of rotatable bonds is 6. The highest BCUT2D eigenvalue weighted by molar-refractivity contribution is 7.99. The van der Waals surface area contributed by atoms with Gasteiger partial charge in [-0.05, 0) is 18.2 Å². The zero-order valence-electron chi connectivity index (χ0n) is 12.0. The van der Waals surface area contributed by atoms with E-state index in [0.717, 1.165) is 17.8 Å². The third-order valence-corrected chi connectivity index (χ3v) is 3.63. The lowest BCUT2D eigenvalue weighted by Gasteiger charge is -2.08. The summed E-state index contributed by atoms with van der Waals surface area (Å²) in [5, 5.41) is 9.42. The van der Waals surface area contributed by atoms with Gasteiger partial charge in [-0.25, -0.2) is 0 Å². The Bertz CT molecular complexity index is 744. The molecule has 0 spiro atoms. The number of H-pyrrole nitrogens is 1. The van der Waals surface area contributed by atoms with Crippen LogP contribution in [0.1, 0.15) is 10.4 Å². The normalized spacial score (nSPS) is 10.3. The predicted octanol–water partition coefficient (Wildman–Crippen LogP) is 1.47. The van der Waals surface area contributed by atoms with E-state index in [0.29, 0.717) is 17.1 Å². The Kier molecular flexibility index (Phi) is 5.05. The third-order valence-electron chi connectivity index (χ3n) is 2.75. The second-order valence-electron chi connectivity index (χ2n) is 4.19. The fraction of sp³-hybridized carbons (Fsp3) is 0.214. The van der Waals surface area contributed by atoms with Gasteiger partial charge in [0.05, 0.1) is 26.0 Å². The van der Waals surface area contributed by atoms with E-state index in [9.17, 15) is 14.7 Å². The van der Waals surface area contributed by atoms with E-state index in [4.69, 9.17) is 9.47 Å². The van der Waals surface area contributed by atoms with Crippen LogP contribution < -0.4 is 15.0 Å². The minimum atomic E-state index is -0.478.